The minimum Gasteiger partial charge on any atom is -0.326 e. The Balaban J connectivity index is 1.61. The predicted molar refractivity (Wildman–Crippen MR) is 127 cm³/mol. The Kier molecular flexibility index (Phi) is 5.98. The van der Waals surface area contributed by atoms with Gasteiger partial charge in [-0.25, -0.2) is 9.97 Å². The lowest BCUT2D eigenvalue weighted by Gasteiger charge is -2.12. The van der Waals surface area contributed by atoms with Crippen molar-refractivity contribution in [3.63, 3.8) is 0 Å². The lowest BCUT2D eigenvalue weighted by molar-refractivity contribution is -0.114. The minimum absolute atomic E-state index is 0.141. The molecule has 7 heteroatoms. The van der Waals surface area contributed by atoms with Gasteiger partial charge in [0.15, 0.2) is 5.65 Å². The maximum atomic E-state index is 12.9. The van der Waals surface area contributed by atoms with Crippen LogP contribution in [0.15, 0.2) is 66.9 Å². The van der Waals surface area contributed by atoms with E-state index < -0.39 is 0 Å². The Hall–Kier alpha value is -4.00. The van der Waals surface area contributed by atoms with Crippen molar-refractivity contribution in [1.29, 1.82) is 0 Å². The number of imidazole rings is 1. The highest BCUT2D eigenvalue weighted by Crippen LogP contribution is 2.26. The van der Waals surface area contributed by atoms with Gasteiger partial charge in [-0.2, -0.15) is 0 Å². The van der Waals surface area contributed by atoms with Crippen LogP contribution in [-0.2, 0) is 11.3 Å². The van der Waals surface area contributed by atoms with Crippen LogP contribution in [0.4, 0.5) is 11.4 Å². The maximum absolute atomic E-state index is 12.9. The molecule has 2 aromatic carbocycles. The van der Waals surface area contributed by atoms with E-state index in [2.05, 4.69) is 34.0 Å². The van der Waals surface area contributed by atoms with Gasteiger partial charge >= 0.3 is 0 Å². The summed E-state index contributed by atoms with van der Waals surface area (Å²) in [6.07, 6.45) is 1.77. The topological polar surface area (TPSA) is 88.9 Å². The van der Waals surface area contributed by atoms with Crippen LogP contribution in [0.3, 0.4) is 0 Å². The second-order valence-electron chi connectivity index (χ2n) is 8.08. The molecule has 2 heterocycles. The number of nitrogens with one attached hydrogen (secondary N) is 2. The first-order valence-corrected chi connectivity index (χ1v) is 10.5. The fraction of sp³-hybridized carbons (Fsp3) is 0.200. The van der Waals surface area contributed by atoms with E-state index in [-0.39, 0.29) is 11.8 Å². The predicted octanol–water partition coefficient (Wildman–Crippen LogP) is 4.97. The summed E-state index contributed by atoms with van der Waals surface area (Å²) in [5.41, 5.74) is 4.38. The molecule has 0 radical (unpaired) electrons. The number of benzene rings is 2. The van der Waals surface area contributed by atoms with E-state index >= 15 is 0 Å². The molecule has 0 fully saturated rings. The van der Waals surface area contributed by atoms with E-state index in [0.29, 0.717) is 22.9 Å². The zero-order valence-electron chi connectivity index (χ0n) is 18.3. The van der Waals surface area contributed by atoms with Crippen molar-refractivity contribution in [2.75, 3.05) is 10.6 Å². The van der Waals surface area contributed by atoms with Crippen LogP contribution in [0, 0.1) is 5.92 Å². The van der Waals surface area contributed by atoms with Crippen molar-refractivity contribution >= 4 is 34.4 Å². The molecule has 2 N–H and O–H groups in total. The number of anilines is 2. The first-order chi connectivity index (χ1) is 15.4. The molecule has 4 rings (SSSR count). The number of fused-ring (bicyclic) bond motifs is 1. The summed E-state index contributed by atoms with van der Waals surface area (Å²) in [5.74, 6) is 0.850. The SMILES string of the molecule is CC(=O)Nc1ccc(NC(=O)c2cccc(-c3nc4cccnc4n3CC(C)C)c2)cc1. The van der Waals surface area contributed by atoms with Crippen LogP contribution in [0.25, 0.3) is 22.6 Å². The fourth-order valence-corrected chi connectivity index (χ4v) is 3.56. The molecule has 0 saturated heterocycles. The van der Waals surface area contributed by atoms with Crippen molar-refractivity contribution in [3.05, 3.63) is 72.4 Å². The molecule has 7 nitrogen and oxygen atoms in total. The summed E-state index contributed by atoms with van der Waals surface area (Å²) in [6, 6.07) is 18.2. The van der Waals surface area contributed by atoms with E-state index in [1.54, 1.807) is 36.5 Å². The highest BCUT2D eigenvalue weighted by molar-refractivity contribution is 6.05. The Labute approximate surface area is 186 Å². The summed E-state index contributed by atoms with van der Waals surface area (Å²) >= 11 is 0. The van der Waals surface area contributed by atoms with Crippen LogP contribution >= 0.6 is 0 Å². The average Bonchev–Trinajstić information content (AvgIpc) is 3.13. The summed E-state index contributed by atoms with van der Waals surface area (Å²) < 4.78 is 2.11. The number of hydrogen-bond acceptors (Lipinski definition) is 4. The van der Waals surface area contributed by atoms with Crippen molar-refractivity contribution in [2.24, 2.45) is 5.92 Å². The van der Waals surface area contributed by atoms with E-state index in [1.165, 1.54) is 6.92 Å². The van der Waals surface area contributed by atoms with Gasteiger partial charge in [0.2, 0.25) is 5.91 Å². The highest BCUT2D eigenvalue weighted by atomic mass is 16.2. The van der Waals surface area contributed by atoms with Crippen LogP contribution < -0.4 is 10.6 Å². The quantitative estimate of drug-likeness (QED) is 0.455. The van der Waals surface area contributed by atoms with Crippen molar-refractivity contribution < 1.29 is 9.59 Å². The molecular formula is C25H25N5O2. The molecule has 4 aromatic rings. The van der Waals surface area contributed by atoms with E-state index in [9.17, 15) is 9.59 Å². The molecule has 0 aliphatic heterocycles. The lowest BCUT2D eigenvalue weighted by Crippen LogP contribution is -2.12. The molecule has 0 aliphatic carbocycles. The monoisotopic (exact) mass is 427 g/mol. The van der Waals surface area contributed by atoms with Gasteiger partial charge in [0, 0.05) is 42.2 Å². The van der Waals surface area contributed by atoms with Crippen molar-refractivity contribution in [3.8, 4) is 11.4 Å². The summed E-state index contributed by atoms with van der Waals surface area (Å²) in [7, 11) is 0. The fourth-order valence-electron chi connectivity index (χ4n) is 3.56. The number of pyridine rings is 1. The standard InChI is InChI=1S/C25H25N5O2/c1-16(2)15-30-23(29-22-8-5-13-26-24(22)30)18-6-4-7-19(14-18)25(32)28-21-11-9-20(10-12-21)27-17(3)31/h4-14,16H,15H2,1-3H3,(H,27,31)(H,28,32). The van der Waals surface area contributed by atoms with Gasteiger partial charge in [-0.1, -0.05) is 26.0 Å². The Morgan fingerprint density at radius 2 is 1.69 bits per heavy atom. The second-order valence-corrected chi connectivity index (χ2v) is 8.08. The molecule has 0 aliphatic rings. The number of nitrogens with zero attached hydrogens (tertiary/aromatic N) is 3. The van der Waals surface area contributed by atoms with Gasteiger partial charge in [0.05, 0.1) is 0 Å². The normalized spacial score (nSPS) is 11.0. The van der Waals surface area contributed by atoms with Gasteiger partial charge < -0.3 is 15.2 Å². The second kappa shape index (κ2) is 9.01. The number of carbonyl (C=O) groups is 2. The first-order valence-electron chi connectivity index (χ1n) is 10.5. The van der Waals surface area contributed by atoms with Crippen LogP contribution in [0.2, 0.25) is 0 Å². The van der Waals surface area contributed by atoms with Gasteiger partial charge in [0.25, 0.3) is 5.91 Å². The Morgan fingerprint density at radius 3 is 2.38 bits per heavy atom. The van der Waals surface area contributed by atoms with Gasteiger partial charge in [0.1, 0.15) is 11.3 Å². The number of hydrogen-bond donors (Lipinski definition) is 2. The lowest BCUT2D eigenvalue weighted by atomic mass is 10.1. The van der Waals surface area contributed by atoms with Gasteiger partial charge in [-0.3, -0.25) is 9.59 Å². The van der Waals surface area contributed by atoms with Gasteiger partial charge in [-0.05, 0) is 54.4 Å². The third-order valence-corrected chi connectivity index (χ3v) is 4.90. The number of rotatable bonds is 6. The van der Waals surface area contributed by atoms with E-state index in [4.69, 9.17) is 4.98 Å². The first kappa shape index (κ1) is 21.2. The van der Waals surface area contributed by atoms with Crippen LogP contribution in [-0.4, -0.2) is 26.3 Å². The van der Waals surface area contributed by atoms with E-state index in [0.717, 1.165) is 29.1 Å². The maximum Gasteiger partial charge on any atom is 0.255 e. The number of amides is 2. The summed E-state index contributed by atoms with van der Waals surface area (Å²) in [6.45, 7) is 6.54. The molecule has 2 amide bonds. The molecule has 0 saturated carbocycles. The third-order valence-electron chi connectivity index (χ3n) is 4.90. The summed E-state index contributed by atoms with van der Waals surface area (Å²) in [5, 5.41) is 5.61. The molecule has 0 spiro atoms. The number of aromatic nitrogens is 3. The third kappa shape index (κ3) is 4.67. The van der Waals surface area contributed by atoms with Crippen LogP contribution in [0.5, 0.6) is 0 Å². The largest absolute Gasteiger partial charge is 0.326 e. The molecule has 0 atom stereocenters. The smallest absolute Gasteiger partial charge is 0.255 e. The molecule has 0 bridgehead atoms. The minimum atomic E-state index is -0.219. The highest BCUT2D eigenvalue weighted by Gasteiger charge is 2.16. The van der Waals surface area contributed by atoms with Crippen molar-refractivity contribution in [2.45, 2.75) is 27.3 Å². The molecule has 0 unspecified atom stereocenters. The molecule has 2 aromatic heterocycles. The zero-order valence-corrected chi connectivity index (χ0v) is 18.3. The Bertz CT molecular complexity index is 1280. The van der Waals surface area contributed by atoms with Crippen molar-refractivity contribution in [1.82, 2.24) is 14.5 Å². The Morgan fingerprint density at radius 1 is 0.969 bits per heavy atom. The van der Waals surface area contributed by atoms with E-state index in [1.807, 2.05) is 30.3 Å². The number of carbonyl (C=O) groups excluding carboxylic acids is 2. The zero-order chi connectivity index (χ0) is 22.7. The van der Waals surface area contributed by atoms with Crippen LogP contribution in [0.1, 0.15) is 31.1 Å². The molecule has 32 heavy (non-hydrogen) atoms. The molecular weight excluding hydrogens is 402 g/mol. The summed E-state index contributed by atoms with van der Waals surface area (Å²) in [4.78, 5) is 33.3. The molecule has 162 valence electrons. The average molecular weight is 428 g/mol. The van der Waals surface area contributed by atoms with Gasteiger partial charge in [-0.15, -0.1) is 0 Å².